The Morgan fingerprint density at radius 3 is 2.95 bits per heavy atom. The first kappa shape index (κ1) is 14.3. The number of nitrogens with zero attached hydrogens (tertiary/aromatic N) is 2. The maximum Gasteiger partial charge on any atom is 0.138 e. The van der Waals surface area contributed by atoms with E-state index in [2.05, 4.69) is 15.2 Å². The molecule has 2 aromatic rings. The summed E-state index contributed by atoms with van der Waals surface area (Å²) >= 11 is 0. The largest absolute Gasteiger partial charge is 0.489 e. The summed E-state index contributed by atoms with van der Waals surface area (Å²) < 4.78 is 5.66. The maximum atomic E-state index is 10.1. The zero-order chi connectivity index (χ0) is 14.5. The third-order valence-electron chi connectivity index (χ3n) is 3.69. The number of hydrogen-bond donors (Lipinski definition) is 2. The summed E-state index contributed by atoms with van der Waals surface area (Å²) in [4.78, 5) is 6.60. The van der Waals surface area contributed by atoms with Gasteiger partial charge in [-0.3, -0.25) is 9.88 Å². The first-order valence-corrected chi connectivity index (χ1v) is 7.40. The van der Waals surface area contributed by atoms with Gasteiger partial charge in [0.05, 0.1) is 11.7 Å². The van der Waals surface area contributed by atoms with Gasteiger partial charge < -0.3 is 15.2 Å². The van der Waals surface area contributed by atoms with Crippen LogP contribution in [0.1, 0.15) is 0 Å². The minimum absolute atomic E-state index is 0.296. The molecule has 0 saturated carbocycles. The average molecular weight is 287 g/mol. The van der Waals surface area contributed by atoms with Crippen molar-refractivity contribution >= 4 is 10.9 Å². The van der Waals surface area contributed by atoms with Crippen LogP contribution in [-0.4, -0.2) is 60.4 Å². The molecule has 5 nitrogen and oxygen atoms in total. The van der Waals surface area contributed by atoms with Crippen molar-refractivity contribution in [3.8, 4) is 5.75 Å². The Morgan fingerprint density at radius 1 is 1.29 bits per heavy atom. The lowest BCUT2D eigenvalue weighted by Crippen LogP contribution is -2.47. The standard InChI is InChI=1S/C16H21N3O2/c20-14(11-19-7-5-17-6-8-19)12-21-15-9-13-3-1-2-4-16(13)18-10-15/h1-4,9-10,14,17,20H,5-8,11-12H2. The van der Waals surface area contributed by atoms with E-state index < -0.39 is 6.10 Å². The van der Waals surface area contributed by atoms with E-state index in [1.165, 1.54) is 0 Å². The van der Waals surface area contributed by atoms with Gasteiger partial charge in [0.1, 0.15) is 18.5 Å². The fourth-order valence-corrected chi connectivity index (χ4v) is 2.57. The van der Waals surface area contributed by atoms with Gasteiger partial charge in [-0.25, -0.2) is 0 Å². The zero-order valence-electron chi connectivity index (χ0n) is 12.0. The van der Waals surface area contributed by atoms with Crippen LogP contribution in [0, 0.1) is 0 Å². The molecule has 3 rings (SSSR count). The monoisotopic (exact) mass is 287 g/mol. The fraction of sp³-hybridized carbons (Fsp3) is 0.438. The molecule has 0 aliphatic carbocycles. The number of pyridine rings is 1. The summed E-state index contributed by atoms with van der Waals surface area (Å²) in [6.07, 6.45) is 1.23. The van der Waals surface area contributed by atoms with Crippen molar-refractivity contribution in [2.75, 3.05) is 39.3 Å². The molecule has 2 heterocycles. The van der Waals surface area contributed by atoms with Gasteiger partial charge in [-0.05, 0) is 12.1 Å². The Labute approximate surface area is 124 Å². The first-order valence-electron chi connectivity index (χ1n) is 7.40. The van der Waals surface area contributed by atoms with Gasteiger partial charge in [-0.1, -0.05) is 18.2 Å². The quantitative estimate of drug-likeness (QED) is 0.855. The molecule has 1 unspecified atom stereocenters. The van der Waals surface area contributed by atoms with Crippen LogP contribution in [0.3, 0.4) is 0 Å². The molecule has 21 heavy (non-hydrogen) atoms. The summed E-state index contributed by atoms with van der Waals surface area (Å²) in [5, 5.41) is 14.4. The maximum absolute atomic E-state index is 10.1. The van der Waals surface area contributed by atoms with Crippen LogP contribution >= 0.6 is 0 Å². The highest BCUT2D eigenvalue weighted by molar-refractivity contribution is 5.79. The predicted molar refractivity (Wildman–Crippen MR) is 82.6 cm³/mol. The number of aliphatic hydroxyl groups is 1. The highest BCUT2D eigenvalue weighted by Gasteiger charge is 2.14. The van der Waals surface area contributed by atoms with Crippen molar-refractivity contribution in [1.82, 2.24) is 15.2 Å². The van der Waals surface area contributed by atoms with E-state index in [0.717, 1.165) is 37.1 Å². The van der Waals surface area contributed by atoms with Crippen LogP contribution in [0.4, 0.5) is 0 Å². The number of para-hydroxylation sites is 1. The van der Waals surface area contributed by atoms with Crippen molar-refractivity contribution in [3.05, 3.63) is 36.5 Å². The molecule has 0 bridgehead atoms. The molecule has 1 atom stereocenters. The van der Waals surface area contributed by atoms with Gasteiger partial charge in [0.15, 0.2) is 0 Å². The summed E-state index contributed by atoms with van der Waals surface area (Å²) in [6, 6.07) is 9.88. The Bertz CT molecular complexity index is 584. The number of β-amino-alcohol motifs (C(OH)–C–C–N with tert-alkyl or cyclic N) is 1. The Balaban J connectivity index is 1.53. The number of rotatable bonds is 5. The normalized spacial score (nSPS) is 17.8. The van der Waals surface area contributed by atoms with Crippen LogP contribution in [0.5, 0.6) is 5.75 Å². The molecule has 0 amide bonds. The highest BCUT2D eigenvalue weighted by atomic mass is 16.5. The summed E-state index contributed by atoms with van der Waals surface area (Å²) in [5.41, 5.74) is 0.950. The second kappa shape index (κ2) is 6.85. The van der Waals surface area contributed by atoms with E-state index in [9.17, 15) is 5.11 Å². The van der Waals surface area contributed by atoms with Crippen molar-refractivity contribution < 1.29 is 9.84 Å². The van der Waals surface area contributed by atoms with E-state index in [-0.39, 0.29) is 0 Å². The molecule has 1 aliphatic rings. The number of aliphatic hydroxyl groups excluding tert-OH is 1. The molecule has 1 fully saturated rings. The van der Waals surface area contributed by atoms with Crippen molar-refractivity contribution in [2.24, 2.45) is 0 Å². The zero-order valence-corrected chi connectivity index (χ0v) is 12.0. The lowest BCUT2D eigenvalue weighted by Gasteiger charge is -2.28. The Morgan fingerprint density at radius 2 is 2.10 bits per heavy atom. The van der Waals surface area contributed by atoms with Crippen molar-refractivity contribution in [1.29, 1.82) is 0 Å². The summed E-state index contributed by atoms with van der Waals surface area (Å²) in [7, 11) is 0. The minimum Gasteiger partial charge on any atom is -0.489 e. The number of fused-ring (bicyclic) bond motifs is 1. The molecule has 1 aromatic carbocycles. The second-order valence-corrected chi connectivity index (χ2v) is 5.38. The molecule has 112 valence electrons. The number of ether oxygens (including phenoxy) is 1. The smallest absolute Gasteiger partial charge is 0.138 e. The lowest BCUT2D eigenvalue weighted by atomic mass is 10.2. The molecule has 1 saturated heterocycles. The Kier molecular flexibility index (Phi) is 4.65. The SMILES string of the molecule is OC(COc1cnc2ccccc2c1)CN1CCNCC1. The number of nitrogens with one attached hydrogen (secondary N) is 1. The molecule has 1 aromatic heterocycles. The van der Waals surface area contributed by atoms with E-state index >= 15 is 0 Å². The van der Waals surface area contributed by atoms with E-state index in [1.807, 2.05) is 30.3 Å². The molecule has 2 N–H and O–H groups in total. The molecule has 0 spiro atoms. The van der Waals surface area contributed by atoms with Gasteiger partial charge in [0, 0.05) is 38.1 Å². The Hall–Kier alpha value is -1.69. The third-order valence-corrected chi connectivity index (χ3v) is 3.69. The van der Waals surface area contributed by atoms with Gasteiger partial charge in [-0.15, -0.1) is 0 Å². The number of benzene rings is 1. The number of piperazine rings is 1. The van der Waals surface area contributed by atoms with E-state index in [4.69, 9.17) is 4.74 Å². The lowest BCUT2D eigenvalue weighted by molar-refractivity contribution is 0.0641. The molecule has 1 aliphatic heterocycles. The highest BCUT2D eigenvalue weighted by Crippen LogP contribution is 2.17. The number of hydrogen-bond acceptors (Lipinski definition) is 5. The average Bonchev–Trinajstić information content (AvgIpc) is 2.54. The van der Waals surface area contributed by atoms with Crippen molar-refractivity contribution in [3.63, 3.8) is 0 Å². The molecule has 5 heteroatoms. The molecule has 0 radical (unpaired) electrons. The van der Waals surface area contributed by atoms with Crippen LogP contribution < -0.4 is 10.1 Å². The third kappa shape index (κ3) is 3.91. The van der Waals surface area contributed by atoms with Gasteiger partial charge in [-0.2, -0.15) is 0 Å². The topological polar surface area (TPSA) is 57.6 Å². The molecular weight excluding hydrogens is 266 g/mol. The fourth-order valence-electron chi connectivity index (χ4n) is 2.57. The van der Waals surface area contributed by atoms with E-state index in [1.54, 1.807) is 6.20 Å². The van der Waals surface area contributed by atoms with Crippen LogP contribution in [-0.2, 0) is 0 Å². The summed E-state index contributed by atoms with van der Waals surface area (Å²) in [6.45, 7) is 4.89. The van der Waals surface area contributed by atoms with E-state index in [0.29, 0.717) is 18.9 Å². The van der Waals surface area contributed by atoms with Gasteiger partial charge in [0.2, 0.25) is 0 Å². The van der Waals surface area contributed by atoms with Gasteiger partial charge in [0.25, 0.3) is 0 Å². The van der Waals surface area contributed by atoms with Crippen LogP contribution in [0.15, 0.2) is 36.5 Å². The first-order chi connectivity index (χ1) is 10.3. The predicted octanol–water partition coefficient (Wildman–Crippen LogP) is 0.880. The van der Waals surface area contributed by atoms with Crippen molar-refractivity contribution in [2.45, 2.75) is 6.10 Å². The number of aromatic nitrogens is 1. The minimum atomic E-state index is -0.477. The van der Waals surface area contributed by atoms with Crippen LogP contribution in [0.2, 0.25) is 0 Å². The molecular formula is C16H21N3O2. The van der Waals surface area contributed by atoms with Gasteiger partial charge >= 0.3 is 0 Å². The van der Waals surface area contributed by atoms with Crippen LogP contribution in [0.25, 0.3) is 10.9 Å². The second-order valence-electron chi connectivity index (χ2n) is 5.38. The summed E-state index contributed by atoms with van der Waals surface area (Å²) in [5.74, 6) is 0.702.